The molecule has 2 unspecified atom stereocenters. The zero-order valence-electron chi connectivity index (χ0n) is 9.54. The molecule has 0 spiro atoms. The third-order valence-electron chi connectivity index (χ3n) is 3.43. The van der Waals surface area contributed by atoms with Crippen LogP contribution in [0.3, 0.4) is 0 Å². The highest BCUT2D eigenvalue weighted by atomic mass is 16.4. The standard InChI is InChI=1S/C11H19NO3/c1-4-7(2)8(3)9(13)12-11(5-6-11)10(14)15/h7-8H,4-6H2,1-3H3,(H,12,13)(H,14,15). The number of carbonyl (C=O) groups excluding carboxylic acids is 1. The van der Waals surface area contributed by atoms with Gasteiger partial charge in [-0.25, -0.2) is 4.79 Å². The Labute approximate surface area is 90.0 Å². The highest BCUT2D eigenvalue weighted by Gasteiger charge is 2.52. The maximum atomic E-state index is 11.7. The summed E-state index contributed by atoms with van der Waals surface area (Å²) in [6.07, 6.45) is 2.04. The average Bonchev–Trinajstić information content (AvgIpc) is 2.96. The number of carboxylic acids is 1. The lowest BCUT2D eigenvalue weighted by Gasteiger charge is -2.20. The number of hydrogen-bond acceptors (Lipinski definition) is 2. The van der Waals surface area contributed by atoms with E-state index >= 15 is 0 Å². The van der Waals surface area contributed by atoms with Crippen molar-refractivity contribution in [2.45, 2.75) is 45.6 Å². The predicted octanol–water partition coefficient (Wildman–Crippen LogP) is 1.40. The van der Waals surface area contributed by atoms with E-state index in [2.05, 4.69) is 5.32 Å². The Bertz CT molecular complexity index is 271. The van der Waals surface area contributed by atoms with Crippen molar-refractivity contribution in [2.24, 2.45) is 11.8 Å². The van der Waals surface area contributed by atoms with Gasteiger partial charge in [0.15, 0.2) is 0 Å². The molecule has 0 radical (unpaired) electrons. The number of nitrogens with one attached hydrogen (secondary N) is 1. The Morgan fingerprint density at radius 2 is 1.93 bits per heavy atom. The van der Waals surface area contributed by atoms with Gasteiger partial charge in [-0.05, 0) is 18.8 Å². The number of carbonyl (C=O) groups is 2. The second kappa shape index (κ2) is 4.21. The molecule has 0 aromatic heterocycles. The maximum Gasteiger partial charge on any atom is 0.329 e. The Hall–Kier alpha value is -1.06. The molecule has 0 aliphatic heterocycles. The first-order chi connectivity index (χ1) is 6.93. The highest BCUT2D eigenvalue weighted by molar-refractivity contribution is 5.90. The largest absolute Gasteiger partial charge is 0.480 e. The molecule has 0 saturated heterocycles. The summed E-state index contributed by atoms with van der Waals surface area (Å²) in [5, 5.41) is 11.6. The van der Waals surface area contributed by atoms with E-state index in [0.717, 1.165) is 6.42 Å². The third kappa shape index (κ3) is 2.49. The number of aliphatic carboxylic acids is 1. The van der Waals surface area contributed by atoms with Crippen molar-refractivity contribution in [2.75, 3.05) is 0 Å². The molecule has 1 aliphatic rings. The van der Waals surface area contributed by atoms with Crippen LogP contribution in [0.1, 0.15) is 40.0 Å². The second-order valence-corrected chi connectivity index (χ2v) is 4.55. The minimum absolute atomic E-state index is 0.119. The van der Waals surface area contributed by atoms with E-state index in [9.17, 15) is 9.59 Å². The Morgan fingerprint density at radius 3 is 2.27 bits per heavy atom. The fourth-order valence-electron chi connectivity index (χ4n) is 1.48. The molecule has 86 valence electrons. The molecule has 0 aromatic carbocycles. The summed E-state index contributed by atoms with van der Waals surface area (Å²) in [4.78, 5) is 22.6. The normalized spacial score (nSPS) is 21.5. The van der Waals surface area contributed by atoms with Crippen molar-refractivity contribution in [3.05, 3.63) is 0 Å². The van der Waals surface area contributed by atoms with Crippen LogP contribution < -0.4 is 5.32 Å². The smallest absolute Gasteiger partial charge is 0.329 e. The fourth-order valence-corrected chi connectivity index (χ4v) is 1.48. The van der Waals surface area contributed by atoms with Crippen molar-refractivity contribution in [3.8, 4) is 0 Å². The minimum atomic E-state index is -0.946. The molecule has 1 rings (SSSR count). The fraction of sp³-hybridized carbons (Fsp3) is 0.818. The van der Waals surface area contributed by atoms with Gasteiger partial charge in [0.1, 0.15) is 5.54 Å². The van der Waals surface area contributed by atoms with Crippen LogP contribution in [0, 0.1) is 11.8 Å². The summed E-state index contributed by atoms with van der Waals surface area (Å²) < 4.78 is 0. The van der Waals surface area contributed by atoms with Crippen molar-refractivity contribution in [3.63, 3.8) is 0 Å². The third-order valence-corrected chi connectivity index (χ3v) is 3.43. The number of hydrogen-bond donors (Lipinski definition) is 2. The van der Waals surface area contributed by atoms with Crippen LogP contribution in [-0.2, 0) is 9.59 Å². The van der Waals surface area contributed by atoms with Gasteiger partial charge in [0.25, 0.3) is 0 Å². The Kier molecular flexibility index (Phi) is 3.37. The molecule has 2 atom stereocenters. The summed E-state index contributed by atoms with van der Waals surface area (Å²) in [7, 11) is 0. The van der Waals surface area contributed by atoms with Crippen LogP contribution in [0.2, 0.25) is 0 Å². The van der Waals surface area contributed by atoms with E-state index < -0.39 is 11.5 Å². The second-order valence-electron chi connectivity index (χ2n) is 4.55. The molecule has 0 bridgehead atoms. The van der Waals surface area contributed by atoms with Gasteiger partial charge in [0, 0.05) is 5.92 Å². The number of carboxylic acid groups (broad SMARTS) is 1. The molecule has 1 amide bonds. The van der Waals surface area contributed by atoms with Gasteiger partial charge in [-0.2, -0.15) is 0 Å². The molecular weight excluding hydrogens is 194 g/mol. The molecular formula is C11H19NO3. The van der Waals surface area contributed by atoms with Crippen molar-refractivity contribution in [1.29, 1.82) is 0 Å². The van der Waals surface area contributed by atoms with E-state index in [-0.39, 0.29) is 17.7 Å². The van der Waals surface area contributed by atoms with Gasteiger partial charge < -0.3 is 10.4 Å². The summed E-state index contributed by atoms with van der Waals surface area (Å²) >= 11 is 0. The first kappa shape index (κ1) is 12.0. The van der Waals surface area contributed by atoms with Gasteiger partial charge >= 0.3 is 5.97 Å². The van der Waals surface area contributed by atoms with Crippen LogP contribution >= 0.6 is 0 Å². The van der Waals surface area contributed by atoms with Gasteiger partial charge in [-0.15, -0.1) is 0 Å². The topological polar surface area (TPSA) is 66.4 Å². The van der Waals surface area contributed by atoms with Crippen LogP contribution in [0.15, 0.2) is 0 Å². The molecule has 1 fully saturated rings. The quantitative estimate of drug-likeness (QED) is 0.725. The van der Waals surface area contributed by atoms with E-state index in [0.29, 0.717) is 12.8 Å². The molecule has 0 heterocycles. The number of amides is 1. The molecule has 2 N–H and O–H groups in total. The first-order valence-corrected chi connectivity index (χ1v) is 5.48. The molecule has 0 aromatic rings. The lowest BCUT2D eigenvalue weighted by atomic mass is 9.92. The molecule has 15 heavy (non-hydrogen) atoms. The summed E-state index contributed by atoms with van der Waals surface area (Å²) in [6, 6.07) is 0. The zero-order valence-corrected chi connectivity index (χ0v) is 9.54. The molecule has 4 nitrogen and oxygen atoms in total. The Balaban J connectivity index is 2.52. The van der Waals surface area contributed by atoms with Gasteiger partial charge in [-0.1, -0.05) is 27.2 Å². The van der Waals surface area contributed by atoms with Crippen molar-refractivity contribution in [1.82, 2.24) is 5.32 Å². The van der Waals surface area contributed by atoms with Gasteiger partial charge in [0.05, 0.1) is 0 Å². The summed E-state index contributed by atoms with van der Waals surface area (Å²) in [5.74, 6) is -0.877. The van der Waals surface area contributed by atoms with Crippen molar-refractivity contribution < 1.29 is 14.7 Å². The lowest BCUT2D eigenvalue weighted by molar-refractivity contribution is -0.144. The van der Waals surface area contributed by atoms with E-state index in [1.54, 1.807) is 0 Å². The van der Waals surface area contributed by atoms with Crippen LogP contribution in [-0.4, -0.2) is 22.5 Å². The SMILES string of the molecule is CCC(C)C(C)C(=O)NC1(C(=O)O)CC1. The average molecular weight is 213 g/mol. The van der Waals surface area contributed by atoms with Crippen LogP contribution in [0.25, 0.3) is 0 Å². The van der Waals surface area contributed by atoms with E-state index in [1.165, 1.54) is 0 Å². The minimum Gasteiger partial charge on any atom is -0.480 e. The van der Waals surface area contributed by atoms with E-state index in [4.69, 9.17) is 5.11 Å². The monoisotopic (exact) mass is 213 g/mol. The summed E-state index contributed by atoms with van der Waals surface area (Å²) in [6.45, 7) is 5.88. The van der Waals surface area contributed by atoms with E-state index in [1.807, 2.05) is 20.8 Å². The van der Waals surface area contributed by atoms with Gasteiger partial charge in [0.2, 0.25) is 5.91 Å². The predicted molar refractivity (Wildman–Crippen MR) is 56.4 cm³/mol. The van der Waals surface area contributed by atoms with Gasteiger partial charge in [-0.3, -0.25) is 4.79 Å². The molecule has 1 aliphatic carbocycles. The zero-order chi connectivity index (χ0) is 11.6. The maximum absolute atomic E-state index is 11.7. The van der Waals surface area contributed by atoms with Crippen LogP contribution in [0.5, 0.6) is 0 Å². The molecule has 1 saturated carbocycles. The first-order valence-electron chi connectivity index (χ1n) is 5.48. The molecule has 4 heteroatoms. The Morgan fingerprint density at radius 1 is 1.40 bits per heavy atom. The van der Waals surface area contributed by atoms with Crippen LogP contribution in [0.4, 0.5) is 0 Å². The summed E-state index contributed by atoms with van der Waals surface area (Å²) in [5.41, 5.74) is -0.946. The number of rotatable bonds is 5. The highest BCUT2D eigenvalue weighted by Crippen LogP contribution is 2.36. The lowest BCUT2D eigenvalue weighted by Crippen LogP contribution is -2.46. The van der Waals surface area contributed by atoms with Crippen molar-refractivity contribution >= 4 is 11.9 Å².